The zero-order valence-electron chi connectivity index (χ0n) is 37.2. The fraction of sp³-hybridized carbons (Fsp3) is 0.795. The Morgan fingerprint density at radius 2 is 1.27 bits per heavy atom. The number of rotatable bonds is 39. The van der Waals surface area contributed by atoms with Crippen molar-refractivity contribution in [2.24, 2.45) is 11.8 Å². The lowest BCUT2D eigenvalue weighted by Crippen LogP contribution is -2.30. The van der Waals surface area contributed by atoms with Gasteiger partial charge in [0.25, 0.3) is 0 Å². The number of carbonyl (C=O) groups is 3. The Morgan fingerprint density at radius 3 is 1.94 bits per heavy atom. The van der Waals surface area contributed by atoms with Crippen LogP contribution in [-0.4, -0.2) is 98.6 Å². The van der Waals surface area contributed by atoms with E-state index in [9.17, 15) is 43.7 Å². The van der Waals surface area contributed by atoms with E-state index in [0.717, 1.165) is 70.6 Å². The smallest absolute Gasteiger partial charge is 0.462 e. The van der Waals surface area contributed by atoms with Crippen molar-refractivity contribution in [1.29, 1.82) is 0 Å². The molecule has 0 bridgehead atoms. The van der Waals surface area contributed by atoms with E-state index in [1.165, 1.54) is 19.3 Å². The third-order valence-electron chi connectivity index (χ3n) is 10.4. The van der Waals surface area contributed by atoms with Crippen LogP contribution in [0.1, 0.15) is 162 Å². The number of aliphatic hydroxyl groups excluding tert-OH is 3. The number of phosphoric ester groups is 2. The van der Waals surface area contributed by atoms with E-state index in [0.29, 0.717) is 38.5 Å². The molecule has 0 heterocycles. The highest BCUT2D eigenvalue weighted by molar-refractivity contribution is 7.47. The molecule has 0 aromatic rings. The number of hydrogen-bond donors (Lipinski definition) is 6. The summed E-state index contributed by atoms with van der Waals surface area (Å²) in [4.78, 5) is 65.5. The van der Waals surface area contributed by atoms with Gasteiger partial charge in [0.15, 0.2) is 6.10 Å². The minimum absolute atomic E-state index is 0.0126. The molecule has 1 aliphatic carbocycles. The van der Waals surface area contributed by atoms with E-state index in [1.54, 1.807) is 12.2 Å². The summed E-state index contributed by atoms with van der Waals surface area (Å²) < 4.78 is 47.8. The minimum Gasteiger partial charge on any atom is -0.462 e. The van der Waals surface area contributed by atoms with Gasteiger partial charge in [-0.05, 0) is 63.7 Å². The Morgan fingerprint density at radius 1 is 0.710 bits per heavy atom. The van der Waals surface area contributed by atoms with Gasteiger partial charge in [0.05, 0.1) is 32.0 Å². The van der Waals surface area contributed by atoms with Crippen molar-refractivity contribution in [2.45, 2.75) is 186 Å². The van der Waals surface area contributed by atoms with E-state index >= 15 is 0 Å². The fourth-order valence-electron chi connectivity index (χ4n) is 6.87. The summed E-state index contributed by atoms with van der Waals surface area (Å²) in [5, 5.41) is 30.6. The predicted octanol–water partition coefficient (Wildman–Crippen LogP) is 8.26. The quantitative estimate of drug-likeness (QED) is 0.0147. The number of ether oxygens (including phenoxy) is 2. The molecule has 0 aliphatic heterocycles. The van der Waals surface area contributed by atoms with Gasteiger partial charge in [0, 0.05) is 25.2 Å². The lowest BCUT2D eigenvalue weighted by atomic mass is 9.88. The van der Waals surface area contributed by atoms with Crippen LogP contribution >= 0.6 is 15.6 Å². The number of allylic oxidation sites excluding steroid dienone is 5. The zero-order chi connectivity index (χ0) is 46.1. The SMILES string of the molecule is CCCCC/C=C\C/C=C\CCCCCCCC(=O)OC[C@H](COP(=O)(O)OC[C@@H](O)COP(=O)(O)O)OC(=O)CCCCCC[C@H]1[C@@H](O)CC(=O)[C@@H]1/C=C/[C@@H](O)CCCCC. The Bertz CT molecular complexity index is 1400. The first-order valence-electron chi connectivity index (χ1n) is 22.8. The maximum atomic E-state index is 12.8. The normalized spacial score (nSPS) is 19.7. The molecule has 360 valence electrons. The number of carbonyl (C=O) groups excluding carboxylic acids is 3. The Kier molecular flexibility index (Phi) is 32.9. The average Bonchev–Trinajstić information content (AvgIpc) is 3.49. The van der Waals surface area contributed by atoms with Crippen LogP contribution in [0.5, 0.6) is 0 Å². The molecule has 0 aromatic carbocycles. The topological polar surface area (TPSA) is 253 Å². The Balaban J connectivity index is 2.55. The lowest BCUT2D eigenvalue weighted by molar-refractivity contribution is -0.161. The molecule has 0 spiro atoms. The maximum absolute atomic E-state index is 12.8. The number of Topliss-reactive ketones (excluding diaryl/α,β-unsaturated/α-hetero) is 1. The molecule has 1 aliphatic rings. The number of phosphoric acid groups is 2. The molecule has 1 rings (SSSR count). The first-order valence-corrected chi connectivity index (χ1v) is 25.8. The summed E-state index contributed by atoms with van der Waals surface area (Å²) in [5.74, 6) is -1.93. The molecule has 6 N–H and O–H groups in total. The zero-order valence-corrected chi connectivity index (χ0v) is 39.0. The first-order chi connectivity index (χ1) is 29.6. The van der Waals surface area contributed by atoms with Gasteiger partial charge in [-0.3, -0.25) is 28.0 Å². The molecule has 0 amide bonds. The Labute approximate surface area is 369 Å². The van der Waals surface area contributed by atoms with Crippen molar-refractivity contribution < 1.29 is 76.6 Å². The summed E-state index contributed by atoms with van der Waals surface area (Å²) in [6, 6.07) is 0. The van der Waals surface area contributed by atoms with E-state index in [-0.39, 0.29) is 31.0 Å². The molecular weight excluding hydrogens is 846 g/mol. The Hall–Kier alpha value is -2.07. The van der Waals surface area contributed by atoms with E-state index in [4.69, 9.17) is 23.8 Å². The van der Waals surface area contributed by atoms with Crippen LogP contribution in [-0.2, 0) is 46.6 Å². The fourth-order valence-corrected chi connectivity index (χ4v) is 8.03. The predicted molar refractivity (Wildman–Crippen MR) is 236 cm³/mol. The number of esters is 2. The van der Waals surface area contributed by atoms with Crippen LogP contribution in [0, 0.1) is 11.8 Å². The van der Waals surface area contributed by atoms with Gasteiger partial charge in [0.1, 0.15) is 18.5 Å². The summed E-state index contributed by atoms with van der Waals surface area (Å²) in [5.41, 5.74) is 0. The summed E-state index contributed by atoms with van der Waals surface area (Å²) in [7, 11) is -9.78. The van der Waals surface area contributed by atoms with Gasteiger partial charge >= 0.3 is 27.6 Å². The molecular formula is C44H78O16P2. The van der Waals surface area contributed by atoms with Gasteiger partial charge in [-0.2, -0.15) is 0 Å². The average molecular weight is 925 g/mol. The molecule has 7 atom stereocenters. The summed E-state index contributed by atoms with van der Waals surface area (Å²) in [6.45, 7) is 1.35. The highest BCUT2D eigenvalue weighted by atomic mass is 31.2. The molecule has 1 unspecified atom stereocenters. The molecule has 0 aromatic heterocycles. The van der Waals surface area contributed by atoms with Gasteiger partial charge in [-0.25, -0.2) is 9.13 Å². The van der Waals surface area contributed by atoms with Crippen molar-refractivity contribution in [2.75, 3.05) is 26.4 Å². The van der Waals surface area contributed by atoms with Gasteiger partial charge in [-0.1, -0.05) is 121 Å². The van der Waals surface area contributed by atoms with Gasteiger partial charge in [0.2, 0.25) is 0 Å². The number of aliphatic hydroxyl groups is 3. The van der Waals surface area contributed by atoms with Crippen LogP contribution in [0.3, 0.4) is 0 Å². The summed E-state index contributed by atoms with van der Waals surface area (Å²) >= 11 is 0. The lowest BCUT2D eigenvalue weighted by Gasteiger charge is -2.20. The molecule has 0 saturated heterocycles. The van der Waals surface area contributed by atoms with Crippen LogP contribution in [0.25, 0.3) is 0 Å². The minimum atomic E-state index is -4.90. The van der Waals surface area contributed by atoms with Crippen LogP contribution in [0.15, 0.2) is 36.5 Å². The molecule has 1 fully saturated rings. The van der Waals surface area contributed by atoms with Gasteiger partial charge < -0.3 is 39.5 Å². The van der Waals surface area contributed by atoms with Crippen LogP contribution in [0.2, 0.25) is 0 Å². The second kappa shape index (κ2) is 35.2. The first kappa shape index (κ1) is 57.9. The molecule has 62 heavy (non-hydrogen) atoms. The highest BCUT2D eigenvalue weighted by Crippen LogP contribution is 2.44. The van der Waals surface area contributed by atoms with Crippen LogP contribution in [0.4, 0.5) is 0 Å². The number of hydrogen-bond acceptors (Lipinski definition) is 13. The van der Waals surface area contributed by atoms with Crippen LogP contribution < -0.4 is 0 Å². The third kappa shape index (κ3) is 31.7. The standard InChI is InChI=1S/C44H78O16P2/c1-3-5-7-8-9-10-11-12-13-14-15-16-17-18-23-27-43(49)56-34-38(35-59-62(54,55)58-33-37(46)32-57-61(51,52)53)60-44(50)28-24-20-19-22-26-39-40(42(48)31-41(39)47)30-29-36(45)25-21-6-4-2/h9-10,12-13,29-30,36-41,45-47H,3-8,11,14-28,31-35H2,1-2H3,(H,54,55)(H2,51,52,53)/b10-9-,13-12-,30-29+/t36-,37-,38+,39+,40+,41-/m0/s1. The molecule has 16 nitrogen and oxygen atoms in total. The monoisotopic (exact) mass is 924 g/mol. The summed E-state index contributed by atoms with van der Waals surface area (Å²) in [6.07, 6.45) is 26.1. The second-order valence-corrected chi connectivity index (χ2v) is 18.8. The number of unbranched alkanes of at least 4 members (excludes halogenated alkanes) is 13. The largest absolute Gasteiger partial charge is 0.472 e. The maximum Gasteiger partial charge on any atom is 0.472 e. The van der Waals surface area contributed by atoms with E-state index < -0.39 is 84.3 Å². The second-order valence-electron chi connectivity index (χ2n) is 16.1. The van der Waals surface area contributed by atoms with Gasteiger partial charge in [-0.15, -0.1) is 0 Å². The van der Waals surface area contributed by atoms with Crippen molar-refractivity contribution in [3.8, 4) is 0 Å². The molecule has 1 saturated carbocycles. The number of ketones is 1. The van der Waals surface area contributed by atoms with E-state index in [2.05, 4.69) is 47.2 Å². The van der Waals surface area contributed by atoms with Crippen molar-refractivity contribution in [3.05, 3.63) is 36.5 Å². The van der Waals surface area contributed by atoms with Crippen molar-refractivity contribution >= 4 is 33.4 Å². The van der Waals surface area contributed by atoms with E-state index in [1.807, 2.05) is 0 Å². The van der Waals surface area contributed by atoms with Crippen molar-refractivity contribution in [3.63, 3.8) is 0 Å². The highest BCUT2D eigenvalue weighted by Gasteiger charge is 2.39. The molecule has 0 radical (unpaired) electrons. The third-order valence-corrected chi connectivity index (χ3v) is 11.8. The molecule has 18 heteroatoms. The van der Waals surface area contributed by atoms with Crippen molar-refractivity contribution in [1.82, 2.24) is 0 Å².